The lowest BCUT2D eigenvalue weighted by atomic mass is 10.1. The van der Waals surface area contributed by atoms with E-state index in [2.05, 4.69) is 60.7 Å². The summed E-state index contributed by atoms with van der Waals surface area (Å²) in [6, 6.07) is 8.11. The molecular weight excluding hydrogens is 338 g/mol. The number of nitrogens with zero attached hydrogens (tertiary/aromatic N) is 4. The van der Waals surface area contributed by atoms with Gasteiger partial charge in [0, 0.05) is 6.20 Å². The summed E-state index contributed by atoms with van der Waals surface area (Å²) in [7, 11) is 0. The second-order valence-electron chi connectivity index (χ2n) is 7.13. The first kappa shape index (κ1) is 16.0. The lowest BCUT2D eigenvalue weighted by molar-refractivity contribution is 0.862. The number of fused-ring (bicyclic) bond motifs is 1. The molecular formula is C20H21N7. The van der Waals surface area contributed by atoms with Gasteiger partial charge in [0.25, 0.3) is 0 Å². The number of hydrogen-bond donors (Lipinski definition) is 3. The van der Waals surface area contributed by atoms with E-state index in [0.29, 0.717) is 5.95 Å². The fourth-order valence-corrected chi connectivity index (χ4v) is 3.35. The van der Waals surface area contributed by atoms with Gasteiger partial charge in [-0.3, -0.25) is 4.99 Å². The second kappa shape index (κ2) is 6.50. The van der Waals surface area contributed by atoms with Crippen LogP contribution in [0.25, 0.3) is 11.0 Å². The first-order chi connectivity index (χ1) is 13.2. The van der Waals surface area contributed by atoms with Crippen molar-refractivity contribution in [1.29, 1.82) is 0 Å². The summed E-state index contributed by atoms with van der Waals surface area (Å²) in [5.74, 6) is 2.97. The van der Waals surface area contributed by atoms with Crippen molar-refractivity contribution in [2.24, 2.45) is 10.9 Å². The van der Waals surface area contributed by atoms with Crippen molar-refractivity contribution < 1.29 is 0 Å². The SMILES string of the molecule is C[C@H](Nc1nccc(NC2=NCC(C3CC3)=C2)n1)c1ccc2nc[nH]c2c1. The minimum atomic E-state index is 0.0677. The van der Waals surface area contributed by atoms with Gasteiger partial charge in [-0.05, 0) is 61.1 Å². The smallest absolute Gasteiger partial charge is 0.225 e. The summed E-state index contributed by atoms with van der Waals surface area (Å²) in [5, 5.41) is 6.66. The van der Waals surface area contributed by atoms with Crippen LogP contribution >= 0.6 is 0 Å². The number of benzene rings is 1. The standard InChI is InChI=1S/C20H21N7/c1-12(14-4-5-16-17(8-14)24-11-23-16)25-20-21-7-6-18(27-20)26-19-9-15(10-22-19)13-2-3-13/h4-9,11-13H,2-3,10H2,1H3,(H,23,24)(H2,21,22,25,26,27)/t12-/m0/s1. The molecule has 3 N–H and O–H groups in total. The third kappa shape index (κ3) is 3.40. The van der Waals surface area contributed by atoms with Crippen LogP contribution in [0.1, 0.15) is 31.4 Å². The van der Waals surface area contributed by atoms with Gasteiger partial charge in [0.15, 0.2) is 0 Å². The number of H-pyrrole nitrogens is 1. The molecule has 7 nitrogen and oxygen atoms in total. The number of hydrogen-bond acceptors (Lipinski definition) is 6. The summed E-state index contributed by atoms with van der Waals surface area (Å²) in [6.45, 7) is 2.91. The maximum atomic E-state index is 4.58. The molecule has 1 aliphatic heterocycles. The monoisotopic (exact) mass is 359 g/mol. The number of imidazole rings is 1. The summed E-state index contributed by atoms with van der Waals surface area (Å²) >= 11 is 0. The van der Waals surface area contributed by atoms with E-state index in [4.69, 9.17) is 0 Å². The zero-order chi connectivity index (χ0) is 18.2. The molecule has 1 fully saturated rings. The lowest BCUT2D eigenvalue weighted by Crippen LogP contribution is -2.12. The number of nitrogens with one attached hydrogen (secondary N) is 3. The van der Waals surface area contributed by atoms with Crippen molar-refractivity contribution in [3.8, 4) is 0 Å². The molecule has 1 saturated carbocycles. The Morgan fingerprint density at radius 2 is 2.11 bits per heavy atom. The molecule has 7 heteroatoms. The van der Waals surface area contributed by atoms with E-state index < -0.39 is 0 Å². The van der Waals surface area contributed by atoms with Gasteiger partial charge in [-0.25, -0.2) is 9.97 Å². The maximum Gasteiger partial charge on any atom is 0.225 e. The highest BCUT2D eigenvalue weighted by Gasteiger charge is 2.27. The Labute approximate surface area is 157 Å². The van der Waals surface area contributed by atoms with E-state index >= 15 is 0 Å². The van der Waals surface area contributed by atoms with Crippen molar-refractivity contribution in [2.75, 3.05) is 17.2 Å². The van der Waals surface area contributed by atoms with Crippen molar-refractivity contribution in [2.45, 2.75) is 25.8 Å². The largest absolute Gasteiger partial charge is 0.348 e. The normalized spacial score (nSPS) is 17.5. The van der Waals surface area contributed by atoms with E-state index in [1.807, 2.05) is 12.1 Å². The minimum absolute atomic E-state index is 0.0677. The summed E-state index contributed by atoms with van der Waals surface area (Å²) in [5.41, 5.74) is 4.57. The van der Waals surface area contributed by atoms with Gasteiger partial charge < -0.3 is 15.6 Å². The molecule has 0 unspecified atom stereocenters. The minimum Gasteiger partial charge on any atom is -0.348 e. The number of aliphatic imine (C=N–C) groups is 1. The predicted molar refractivity (Wildman–Crippen MR) is 107 cm³/mol. The number of aromatic nitrogens is 4. The van der Waals surface area contributed by atoms with Crippen LogP contribution in [-0.2, 0) is 0 Å². The average Bonchev–Trinajstić information content (AvgIpc) is 3.23. The molecule has 27 heavy (non-hydrogen) atoms. The molecule has 0 bridgehead atoms. The van der Waals surface area contributed by atoms with E-state index in [9.17, 15) is 0 Å². The molecule has 5 rings (SSSR count). The van der Waals surface area contributed by atoms with E-state index in [0.717, 1.165) is 40.7 Å². The van der Waals surface area contributed by atoms with Crippen LogP contribution < -0.4 is 10.6 Å². The number of aromatic amines is 1. The van der Waals surface area contributed by atoms with Gasteiger partial charge in [-0.1, -0.05) is 6.07 Å². The Morgan fingerprint density at radius 3 is 3.00 bits per heavy atom. The van der Waals surface area contributed by atoms with Gasteiger partial charge in [-0.2, -0.15) is 4.98 Å². The lowest BCUT2D eigenvalue weighted by Gasteiger charge is -2.15. The fourth-order valence-electron chi connectivity index (χ4n) is 3.35. The molecule has 1 aliphatic carbocycles. The van der Waals surface area contributed by atoms with Gasteiger partial charge in [0.2, 0.25) is 5.95 Å². The Hall–Kier alpha value is -3.22. The van der Waals surface area contributed by atoms with Crippen LogP contribution in [0.3, 0.4) is 0 Å². The molecule has 3 aromatic rings. The Morgan fingerprint density at radius 1 is 1.19 bits per heavy atom. The van der Waals surface area contributed by atoms with Gasteiger partial charge in [0.1, 0.15) is 11.7 Å². The molecule has 3 heterocycles. The molecule has 136 valence electrons. The third-order valence-corrected chi connectivity index (χ3v) is 5.06. The number of rotatable bonds is 5. The molecule has 0 amide bonds. The van der Waals surface area contributed by atoms with Crippen molar-refractivity contribution >= 4 is 28.6 Å². The highest BCUT2D eigenvalue weighted by molar-refractivity contribution is 6.05. The maximum absolute atomic E-state index is 4.58. The van der Waals surface area contributed by atoms with Crippen LogP contribution in [0.4, 0.5) is 11.8 Å². The molecule has 0 radical (unpaired) electrons. The molecule has 1 aromatic carbocycles. The topological polar surface area (TPSA) is 90.9 Å². The number of anilines is 2. The Kier molecular flexibility index (Phi) is 3.85. The molecule has 0 saturated heterocycles. The highest BCUT2D eigenvalue weighted by Crippen LogP contribution is 2.37. The van der Waals surface area contributed by atoms with Crippen molar-refractivity contribution in [1.82, 2.24) is 19.9 Å². The highest BCUT2D eigenvalue weighted by atomic mass is 15.2. The van der Waals surface area contributed by atoms with Crippen LogP contribution in [-0.4, -0.2) is 32.3 Å². The first-order valence-corrected chi connectivity index (χ1v) is 9.29. The predicted octanol–water partition coefficient (Wildman–Crippen LogP) is 3.69. The Bertz CT molecular complexity index is 1050. The second-order valence-corrected chi connectivity index (χ2v) is 7.13. The van der Waals surface area contributed by atoms with Gasteiger partial charge >= 0.3 is 0 Å². The van der Waals surface area contributed by atoms with E-state index in [1.54, 1.807) is 12.5 Å². The summed E-state index contributed by atoms with van der Waals surface area (Å²) in [4.78, 5) is 20.9. The zero-order valence-corrected chi connectivity index (χ0v) is 15.1. The zero-order valence-electron chi connectivity index (χ0n) is 15.1. The molecule has 1 atom stereocenters. The quantitative estimate of drug-likeness (QED) is 0.646. The molecule has 2 aliphatic rings. The molecule has 0 spiro atoms. The molecule has 2 aromatic heterocycles. The fraction of sp³-hybridized carbons (Fsp3) is 0.300. The van der Waals surface area contributed by atoms with Gasteiger partial charge in [-0.15, -0.1) is 0 Å². The van der Waals surface area contributed by atoms with E-state index in [1.165, 1.54) is 18.4 Å². The summed E-state index contributed by atoms with van der Waals surface area (Å²) in [6.07, 6.45) is 8.23. The summed E-state index contributed by atoms with van der Waals surface area (Å²) < 4.78 is 0. The van der Waals surface area contributed by atoms with Crippen LogP contribution in [0.15, 0.2) is 53.4 Å². The van der Waals surface area contributed by atoms with E-state index in [-0.39, 0.29) is 6.04 Å². The van der Waals surface area contributed by atoms with Crippen LogP contribution in [0.5, 0.6) is 0 Å². The van der Waals surface area contributed by atoms with Gasteiger partial charge in [0.05, 0.1) is 29.9 Å². The number of amidine groups is 1. The van der Waals surface area contributed by atoms with Crippen LogP contribution in [0.2, 0.25) is 0 Å². The van der Waals surface area contributed by atoms with Crippen molar-refractivity contribution in [3.63, 3.8) is 0 Å². The van der Waals surface area contributed by atoms with Crippen molar-refractivity contribution in [3.05, 3.63) is 54.0 Å². The third-order valence-electron chi connectivity index (χ3n) is 5.06. The first-order valence-electron chi connectivity index (χ1n) is 9.29. The van der Waals surface area contributed by atoms with Crippen LogP contribution in [0, 0.1) is 5.92 Å². The average molecular weight is 359 g/mol. The Balaban J connectivity index is 1.28.